The van der Waals surface area contributed by atoms with Gasteiger partial charge in [0.25, 0.3) is 0 Å². The summed E-state index contributed by atoms with van der Waals surface area (Å²) in [5.74, 6) is 1.54. The Morgan fingerprint density at radius 1 is 1.35 bits per heavy atom. The average Bonchev–Trinajstić information content (AvgIpc) is 2.39. The van der Waals surface area contributed by atoms with Crippen LogP contribution in [0.2, 0.25) is 0 Å². The van der Waals surface area contributed by atoms with Gasteiger partial charge in [-0.05, 0) is 24.5 Å². The third-order valence-electron chi connectivity index (χ3n) is 2.59. The Kier molecular flexibility index (Phi) is 7.11. The number of nitrogens with one attached hydrogen (secondary N) is 1. The molecule has 0 saturated heterocycles. The van der Waals surface area contributed by atoms with Gasteiger partial charge in [-0.25, -0.2) is 0 Å². The number of hydrogen-bond acceptors (Lipinski definition) is 6. The summed E-state index contributed by atoms with van der Waals surface area (Å²) >= 11 is 0. The van der Waals surface area contributed by atoms with E-state index in [0.29, 0.717) is 49.5 Å². The summed E-state index contributed by atoms with van der Waals surface area (Å²) in [5, 5.41) is 12.7. The minimum Gasteiger partial charge on any atom is -0.476 e. The third kappa shape index (κ3) is 6.08. The third-order valence-corrected chi connectivity index (χ3v) is 2.59. The molecular weight excluding hydrogens is 258 g/mol. The molecule has 1 atom stereocenters. The van der Waals surface area contributed by atoms with Crippen LogP contribution in [0.1, 0.15) is 20.3 Å². The van der Waals surface area contributed by atoms with Gasteiger partial charge in [-0.3, -0.25) is 0 Å². The zero-order valence-electron chi connectivity index (χ0n) is 12.4. The van der Waals surface area contributed by atoms with Crippen LogP contribution in [0.25, 0.3) is 0 Å². The van der Waals surface area contributed by atoms with Crippen LogP contribution in [0, 0.1) is 5.92 Å². The van der Waals surface area contributed by atoms with Gasteiger partial charge in [0.1, 0.15) is 5.82 Å². The fraction of sp³-hybridized carbons (Fsp3) is 0.643. The first kappa shape index (κ1) is 16.5. The largest absolute Gasteiger partial charge is 0.476 e. The van der Waals surface area contributed by atoms with Gasteiger partial charge < -0.3 is 25.6 Å². The Bertz CT molecular complexity index is 399. The minimum absolute atomic E-state index is 0.333. The van der Waals surface area contributed by atoms with Crippen molar-refractivity contribution in [2.75, 3.05) is 37.9 Å². The van der Waals surface area contributed by atoms with Gasteiger partial charge in [0, 0.05) is 13.7 Å². The summed E-state index contributed by atoms with van der Waals surface area (Å²) in [6.45, 7) is 5.64. The lowest BCUT2D eigenvalue weighted by molar-refractivity contribution is 0.0615. The summed E-state index contributed by atoms with van der Waals surface area (Å²) in [5.41, 5.74) is 6.34. The Morgan fingerprint density at radius 3 is 2.75 bits per heavy atom. The van der Waals surface area contributed by atoms with Crippen molar-refractivity contribution in [3.05, 3.63) is 12.1 Å². The van der Waals surface area contributed by atoms with Crippen LogP contribution in [-0.4, -0.2) is 43.1 Å². The molecule has 0 saturated carbocycles. The molecule has 0 amide bonds. The van der Waals surface area contributed by atoms with Gasteiger partial charge in [0.2, 0.25) is 5.88 Å². The molecule has 1 heterocycles. The highest BCUT2D eigenvalue weighted by Crippen LogP contribution is 2.21. The predicted octanol–water partition coefficient (Wildman–Crippen LogP) is 1.51. The first-order chi connectivity index (χ1) is 9.52. The van der Waals surface area contributed by atoms with Crippen LogP contribution in [0.4, 0.5) is 11.5 Å². The van der Waals surface area contributed by atoms with E-state index in [1.165, 1.54) is 0 Å². The first-order valence-electron chi connectivity index (χ1n) is 6.83. The summed E-state index contributed by atoms with van der Waals surface area (Å²) in [7, 11) is 1.57. The lowest BCUT2D eigenvalue weighted by Crippen LogP contribution is -2.18. The summed E-state index contributed by atoms with van der Waals surface area (Å²) in [4.78, 5) is 4.32. The molecule has 0 fully saturated rings. The van der Waals surface area contributed by atoms with E-state index in [1.54, 1.807) is 19.2 Å². The number of aromatic nitrogens is 1. The molecule has 6 nitrogen and oxygen atoms in total. The van der Waals surface area contributed by atoms with Crippen molar-refractivity contribution < 1.29 is 14.6 Å². The van der Waals surface area contributed by atoms with Crippen LogP contribution >= 0.6 is 0 Å². The number of nitrogen functional groups attached to an aromatic ring is 1. The molecule has 0 aliphatic carbocycles. The molecule has 0 radical (unpaired) electrons. The second-order valence-electron chi connectivity index (χ2n) is 5.12. The van der Waals surface area contributed by atoms with E-state index in [4.69, 9.17) is 15.2 Å². The number of pyridine rings is 1. The van der Waals surface area contributed by atoms with E-state index in [9.17, 15) is 5.11 Å². The van der Waals surface area contributed by atoms with Crippen LogP contribution in [0.3, 0.4) is 0 Å². The number of methoxy groups -OCH3 is 1. The van der Waals surface area contributed by atoms with Crippen molar-refractivity contribution in [3.8, 4) is 5.88 Å². The average molecular weight is 283 g/mol. The van der Waals surface area contributed by atoms with E-state index < -0.39 is 6.10 Å². The molecule has 114 valence electrons. The predicted molar refractivity (Wildman–Crippen MR) is 80.0 cm³/mol. The molecule has 4 N–H and O–H groups in total. The van der Waals surface area contributed by atoms with Gasteiger partial charge in [0.15, 0.2) is 0 Å². The Morgan fingerprint density at radius 2 is 2.10 bits per heavy atom. The number of nitrogens with two attached hydrogens (primary N) is 1. The molecule has 6 heteroatoms. The number of ether oxygens (including phenoxy) is 2. The Labute approximate surface area is 120 Å². The topological polar surface area (TPSA) is 89.6 Å². The van der Waals surface area contributed by atoms with Crippen LogP contribution in [-0.2, 0) is 4.74 Å². The van der Waals surface area contributed by atoms with Crippen molar-refractivity contribution in [3.63, 3.8) is 0 Å². The van der Waals surface area contributed by atoms with Crippen LogP contribution in [0.15, 0.2) is 12.1 Å². The molecule has 0 aliphatic heterocycles. The fourth-order valence-corrected chi connectivity index (χ4v) is 1.55. The summed E-state index contributed by atoms with van der Waals surface area (Å²) in [6.07, 6.45) is 0.111. The number of anilines is 2. The second kappa shape index (κ2) is 8.60. The molecule has 1 aromatic heterocycles. The maximum absolute atomic E-state index is 9.54. The fourth-order valence-electron chi connectivity index (χ4n) is 1.55. The van der Waals surface area contributed by atoms with Gasteiger partial charge in [-0.15, -0.1) is 0 Å². The van der Waals surface area contributed by atoms with E-state index in [-0.39, 0.29) is 0 Å². The smallest absolute Gasteiger partial charge is 0.239 e. The zero-order valence-corrected chi connectivity index (χ0v) is 12.4. The van der Waals surface area contributed by atoms with E-state index >= 15 is 0 Å². The summed E-state index contributed by atoms with van der Waals surface area (Å²) in [6, 6.07) is 3.55. The van der Waals surface area contributed by atoms with Gasteiger partial charge in [0.05, 0.1) is 25.0 Å². The zero-order chi connectivity index (χ0) is 15.0. The molecule has 0 aromatic carbocycles. The highest BCUT2D eigenvalue weighted by atomic mass is 16.5. The maximum atomic E-state index is 9.54. The Hall–Kier alpha value is -1.53. The SMILES string of the molecule is COCC(O)CCNc1ccc(N)c(OCC(C)C)n1. The number of nitrogens with zero attached hydrogens (tertiary/aromatic N) is 1. The lowest BCUT2D eigenvalue weighted by atomic mass is 10.2. The highest BCUT2D eigenvalue weighted by molar-refractivity contribution is 5.53. The van der Waals surface area contributed by atoms with Crippen molar-refractivity contribution in [1.82, 2.24) is 4.98 Å². The quantitative estimate of drug-likeness (QED) is 0.636. The van der Waals surface area contributed by atoms with Crippen molar-refractivity contribution in [2.45, 2.75) is 26.4 Å². The normalized spacial score (nSPS) is 12.4. The maximum Gasteiger partial charge on any atom is 0.239 e. The van der Waals surface area contributed by atoms with Crippen molar-refractivity contribution in [1.29, 1.82) is 0 Å². The van der Waals surface area contributed by atoms with Gasteiger partial charge in [-0.2, -0.15) is 4.98 Å². The highest BCUT2D eigenvalue weighted by Gasteiger charge is 2.07. The van der Waals surface area contributed by atoms with Gasteiger partial charge >= 0.3 is 0 Å². The molecule has 0 aliphatic rings. The molecule has 0 bridgehead atoms. The molecule has 1 rings (SSSR count). The van der Waals surface area contributed by atoms with Gasteiger partial charge in [-0.1, -0.05) is 13.8 Å². The van der Waals surface area contributed by atoms with E-state index in [0.717, 1.165) is 0 Å². The van der Waals surface area contributed by atoms with Crippen molar-refractivity contribution in [2.24, 2.45) is 5.92 Å². The monoisotopic (exact) mass is 283 g/mol. The van der Waals surface area contributed by atoms with E-state index in [1.807, 2.05) is 0 Å². The standard InChI is InChI=1S/C14H25N3O3/c1-10(2)8-20-14-12(15)4-5-13(17-14)16-7-6-11(18)9-19-3/h4-5,10-11,18H,6-9,15H2,1-3H3,(H,16,17). The lowest BCUT2D eigenvalue weighted by Gasteiger charge is -2.13. The summed E-state index contributed by atoms with van der Waals surface area (Å²) < 4.78 is 10.4. The molecule has 1 unspecified atom stereocenters. The molecular formula is C14H25N3O3. The number of rotatable bonds is 9. The van der Waals surface area contributed by atoms with Crippen molar-refractivity contribution >= 4 is 11.5 Å². The number of hydrogen-bond donors (Lipinski definition) is 3. The van der Waals surface area contributed by atoms with E-state index in [2.05, 4.69) is 24.1 Å². The molecule has 20 heavy (non-hydrogen) atoms. The molecule has 1 aromatic rings. The molecule has 0 spiro atoms. The van der Waals surface area contributed by atoms with Crippen LogP contribution < -0.4 is 15.8 Å². The number of aliphatic hydroxyl groups is 1. The van der Waals surface area contributed by atoms with Crippen LogP contribution in [0.5, 0.6) is 5.88 Å². The second-order valence-corrected chi connectivity index (χ2v) is 5.12. The Balaban J connectivity index is 2.48. The minimum atomic E-state index is -0.474. The first-order valence-corrected chi connectivity index (χ1v) is 6.83. The number of aliphatic hydroxyl groups excluding tert-OH is 1.